The summed E-state index contributed by atoms with van der Waals surface area (Å²) in [6.45, 7) is 3.86. The average molecular weight is 260 g/mol. The molecule has 4 heteroatoms. The summed E-state index contributed by atoms with van der Waals surface area (Å²) in [5.74, 6) is -1.30. The first-order chi connectivity index (χ1) is 8.89. The predicted octanol–water partition coefficient (Wildman–Crippen LogP) is 2.89. The molecule has 0 fully saturated rings. The summed E-state index contributed by atoms with van der Waals surface area (Å²) in [5.41, 5.74) is 0.657. The van der Waals surface area contributed by atoms with E-state index in [0.29, 0.717) is 29.7 Å². The van der Waals surface area contributed by atoms with Crippen LogP contribution in [-0.4, -0.2) is 17.2 Å². The van der Waals surface area contributed by atoms with Crippen LogP contribution in [0.2, 0.25) is 0 Å². The Labute approximate surface area is 110 Å². The molecule has 2 aliphatic rings. The van der Waals surface area contributed by atoms with Crippen molar-refractivity contribution >= 4 is 17.3 Å². The molecule has 1 aromatic rings. The number of allylic oxidation sites excluding steroid dienone is 1. The van der Waals surface area contributed by atoms with Gasteiger partial charge in [0.1, 0.15) is 17.2 Å². The van der Waals surface area contributed by atoms with Crippen molar-refractivity contribution in [2.75, 3.05) is 0 Å². The van der Waals surface area contributed by atoms with E-state index in [4.69, 9.17) is 4.74 Å². The molecule has 0 saturated carbocycles. The van der Waals surface area contributed by atoms with E-state index >= 15 is 0 Å². The van der Waals surface area contributed by atoms with Gasteiger partial charge >= 0.3 is 0 Å². The highest BCUT2D eigenvalue weighted by Gasteiger charge is 2.39. The third-order valence-electron chi connectivity index (χ3n) is 3.58. The normalized spacial score (nSPS) is 20.8. The van der Waals surface area contributed by atoms with Crippen molar-refractivity contribution in [1.29, 1.82) is 0 Å². The van der Waals surface area contributed by atoms with Gasteiger partial charge in [-0.3, -0.25) is 9.59 Å². The zero-order chi connectivity index (χ0) is 13.8. The molecule has 0 spiro atoms. The summed E-state index contributed by atoms with van der Waals surface area (Å²) in [7, 11) is 0. The van der Waals surface area contributed by atoms with Gasteiger partial charge in [-0.15, -0.1) is 0 Å². The van der Waals surface area contributed by atoms with Crippen molar-refractivity contribution in [2.45, 2.75) is 32.3 Å². The van der Waals surface area contributed by atoms with E-state index in [9.17, 15) is 14.0 Å². The standard InChI is InChI=1S/C15H13FO3/c1-15(2)6-5-10-12(17)13(18)11-7-8(16)3-4-9(11)14(10)19-15/h3-4,7H,5-6H2,1-2H3. The van der Waals surface area contributed by atoms with E-state index in [0.717, 1.165) is 6.07 Å². The number of benzene rings is 1. The predicted molar refractivity (Wildman–Crippen MR) is 67.1 cm³/mol. The Hall–Kier alpha value is -1.97. The Balaban J connectivity index is 2.23. The summed E-state index contributed by atoms with van der Waals surface area (Å²) < 4.78 is 19.1. The van der Waals surface area contributed by atoms with Gasteiger partial charge in [0.15, 0.2) is 0 Å². The van der Waals surface area contributed by atoms with Gasteiger partial charge in [-0.05, 0) is 44.9 Å². The summed E-state index contributed by atoms with van der Waals surface area (Å²) in [4.78, 5) is 24.0. The highest BCUT2D eigenvalue weighted by molar-refractivity contribution is 6.52. The van der Waals surface area contributed by atoms with Gasteiger partial charge in [-0.2, -0.15) is 0 Å². The second kappa shape index (κ2) is 3.76. The molecule has 3 rings (SSSR count). The number of halogens is 1. The number of hydrogen-bond donors (Lipinski definition) is 0. The van der Waals surface area contributed by atoms with Crippen LogP contribution in [0.15, 0.2) is 23.8 Å². The third-order valence-corrected chi connectivity index (χ3v) is 3.58. The fourth-order valence-corrected chi connectivity index (χ4v) is 2.52. The summed E-state index contributed by atoms with van der Waals surface area (Å²) in [6, 6.07) is 3.88. The van der Waals surface area contributed by atoms with Crippen molar-refractivity contribution in [3.63, 3.8) is 0 Å². The van der Waals surface area contributed by atoms with Crippen molar-refractivity contribution in [1.82, 2.24) is 0 Å². The smallest absolute Gasteiger partial charge is 0.234 e. The first-order valence-corrected chi connectivity index (χ1v) is 6.20. The Morgan fingerprint density at radius 2 is 1.89 bits per heavy atom. The maximum absolute atomic E-state index is 13.3. The fraction of sp³-hybridized carbons (Fsp3) is 0.333. The van der Waals surface area contributed by atoms with Crippen LogP contribution in [0.1, 0.15) is 42.6 Å². The zero-order valence-corrected chi connectivity index (χ0v) is 10.7. The molecule has 0 saturated heterocycles. The highest BCUT2D eigenvalue weighted by atomic mass is 19.1. The van der Waals surface area contributed by atoms with Gasteiger partial charge < -0.3 is 4.74 Å². The minimum Gasteiger partial charge on any atom is -0.487 e. The molecule has 0 atom stereocenters. The SMILES string of the molecule is CC1(C)CCC2=C(O1)c1ccc(F)cc1C(=O)C2=O. The lowest BCUT2D eigenvalue weighted by molar-refractivity contribution is -0.112. The minimum absolute atomic E-state index is 0.0986. The second-order valence-electron chi connectivity index (χ2n) is 5.52. The van der Waals surface area contributed by atoms with Crippen LogP contribution >= 0.6 is 0 Å². The molecule has 0 radical (unpaired) electrons. The fourth-order valence-electron chi connectivity index (χ4n) is 2.52. The lowest BCUT2D eigenvalue weighted by Crippen LogP contribution is -2.34. The molecule has 1 aromatic carbocycles. The average Bonchev–Trinajstić information content (AvgIpc) is 2.35. The van der Waals surface area contributed by atoms with Crippen molar-refractivity contribution in [2.24, 2.45) is 0 Å². The van der Waals surface area contributed by atoms with Crippen LogP contribution in [-0.2, 0) is 9.53 Å². The van der Waals surface area contributed by atoms with Gasteiger partial charge in [-0.1, -0.05) is 0 Å². The Kier molecular flexibility index (Phi) is 2.39. The maximum atomic E-state index is 13.3. The van der Waals surface area contributed by atoms with E-state index in [1.54, 1.807) is 0 Å². The third kappa shape index (κ3) is 1.79. The second-order valence-corrected chi connectivity index (χ2v) is 5.52. The lowest BCUT2D eigenvalue weighted by Gasteiger charge is -2.36. The monoisotopic (exact) mass is 260 g/mol. The molecule has 0 bridgehead atoms. The first kappa shape index (κ1) is 12.1. The Morgan fingerprint density at radius 1 is 1.16 bits per heavy atom. The Morgan fingerprint density at radius 3 is 2.63 bits per heavy atom. The van der Waals surface area contributed by atoms with Crippen LogP contribution in [0.3, 0.4) is 0 Å². The van der Waals surface area contributed by atoms with Crippen LogP contribution in [0.25, 0.3) is 5.76 Å². The number of ether oxygens (including phenoxy) is 1. The molecule has 0 unspecified atom stereocenters. The molecule has 98 valence electrons. The lowest BCUT2D eigenvalue weighted by atomic mass is 9.82. The molecular weight excluding hydrogens is 247 g/mol. The van der Waals surface area contributed by atoms with E-state index in [1.807, 2.05) is 13.8 Å². The molecule has 0 N–H and O–H groups in total. The van der Waals surface area contributed by atoms with Gasteiger partial charge in [0.05, 0.1) is 0 Å². The van der Waals surface area contributed by atoms with Gasteiger partial charge in [0.25, 0.3) is 0 Å². The zero-order valence-electron chi connectivity index (χ0n) is 10.7. The van der Waals surface area contributed by atoms with Gasteiger partial charge in [0.2, 0.25) is 11.6 Å². The van der Waals surface area contributed by atoms with E-state index in [2.05, 4.69) is 0 Å². The largest absolute Gasteiger partial charge is 0.487 e. The van der Waals surface area contributed by atoms with Crippen molar-refractivity contribution in [3.8, 4) is 0 Å². The summed E-state index contributed by atoms with van der Waals surface area (Å²) >= 11 is 0. The van der Waals surface area contributed by atoms with Crippen molar-refractivity contribution < 1.29 is 18.7 Å². The molecule has 3 nitrogen and oxygen atoms in total. The Bertz CT molecular complexity index is 641. The molecule has 1 aliphatic heterocycles. The number of carbonyl (C=O) groups is 2. The molecule has 1 aliphatic carbocycles. The molecule has 0 aromatic heterocycles. The van der Waals surface area contributed by atoms with Gasteiger partial charge in [0, 0.05) is 16.7 Å². The van der Waals surface area contributed by atoms with Gasteiger partial charge in [-0.25, -0.2) is 4.39 Å². The van der Waals surface area contributed by atoms with E-state index in [1.165, 1.54) is 12.1 Å². The summed E-state index contributed by atoms with van der Waals surface area (Å²) in [6.07, 6.45) is 1.20. The first-order valence-electron chi connectivity index (χ1n) is 6.20. The molecular formula is C15H13FO3. The topological polar surface area (TPSA) is 43.4 Å². The number of hydrogen-bond acceptors (Lipinski definition) is 3. The van der Waals surface area contributed by atoms with Crippen LogP contribution < -0.4 is 0 Å². The van der Waals surface area contributed by atoms with Crippen LogP contribution in [0.4, 0.5) is 4.39 Å². The number of carbonyl (C=O) groups excluding carboxylic acids is 2. The highest BCUT2D eigenvalue weighted by Crippen LogP contribution is 2.41. The van der Waals surface area contributed by atoms with Crippen LogP contribution in [0, 0.1) is 5.82 Å². The minimum atomic E-state index is -0.642. The number of fused-ring (bicyclic) bond motifs is 2. The number of Topliss-reactive ketones (excluding diaryl/α,β-unsaturated/α-hetero) is 2. The quantitative estimate of drug-likeness (QED) is 0.674. The number of ketones is 2. The van der Waals surface area contributed by atoms with Crippen LogP contribution in [0.5, 0.6) is 0 Å². The van der Waals surface area contributed by atoms with E-state index < -0.39 is 17.4 Å². The molecule has 19 heavy (non-hydrogen) atoms. The number of rotatable bonds is 0. The summed E-state index contributed by atoms with van der Waals surface area (Å²) in [5, 5.41) is 0. The van der Waals surface area contributed by atoms with Crippen molar-refractivity contribution in [3.05, 3.63) is 40.7 Å². The molecule has 0 amide bonds. The maximum Gasteiger partial charge on any atom is 0.234 e. The molecule has 1 heterocycles. The van der Waals surface area contributed by atoms with E-state index in [-0.39, 0.29) is 11.2 Å².